The zero-order valence-electron chi connectivity index (χ0n) is 9.17. The van der Waals surface area contributed by atoms with Crippen LogP contribution in [-0.2, 0) is 0 Å². The predicted octanol–water partition coefficient (Wildman–Crippen LogP) is 3.42. The van der Waals surface area contributed by atoms with E-state index in [1.54, 1.807) is 6.07 Å². The zero-order chi connectivity index (χ0) is 10.7. The molecule has 0 aromatic heterocycles. The highest BCUT2D eigenvalue weighted by molar-refractivity contribution is 5.20. The van der Waals surface area contributed by atoms with Gasteiger partial charge in [0, 0.05) is 17.6 Å². The average molecular weight is 207 g/mol. The summed E-state index contributed by atoms with van der Waals surface area (Å²) in [6.45, 7) is 2.04. The van der Waals surface area contributed by atoms with Crippen molar-refractivity contribution in [2.24, 2.45) is 0 Å². The number of nitrogens with one attached hydrogen (secondary N) is 1. The Morgan fingerprint density at radius 2 is 1.93 bits per heavy atom. The van der Waals surface area contributed by atoms with E-state index in [2.05, 4.69) is 5.32 Å². The third-order valence-electron chi connectivity index (χ3n) is 3.21. The number of hydrogen-bond donors (Lipinski definition) is 1. The second kappa shape index (κ2) is 4.75. The molecular weight excluding hydrogens is 189 g/mol. The van der Waals surface area contributed by atoms with Gasteiger partial charge in [0.15, 0.2) is 0 Å². The standard InChI is InChI=1S/C13H18FN/c1-10(15-11-6-2-3-7-11)12-8-4-5-9-13(12)14/h4-5,8-11,15H,2-3,6-7H2,1H3/t10-/m1/s1. The fourth-order valence-electron chi connectivity index (χ4n) is 2.36. The third-order valence-corrected chi connectivity index (χ3v) is 3.21. The van der Waals surface area contributed by atoms with E-state index in [-0.39, 0.29) is 11.9 Å². The molecule has 1 aliphatic rings. The van der Waals surface area contributed by atoms with Gasteiger partial charge in [0.2, 0.25) is 0 Å². The van der Waals surface area contributed by atoms with Gasteiger partial charge in [-0.1, -0.05) is 31.0 Å². The molecule has 2 heteroatoms. The summed E-state index contributed by atoms with van der Waals surface area (Å²) in [5.74, 6) is -0.101. The first kappa shape index (κ1) is 10.6. The first-order chi connectivity index (χ1) is 7.27. The molecule has 1 atom stereocenters. The molecule has 15 heavy (non-hydrogen) atoms. The van der Waals surface area contributed by atoms with E-state index in [1.807, 2.05) is 19.1 Å². The second-order valence-corrected chi connectivity index (χ2v) is 4.39. The summed E-state index contributed by atoms with van der Waals surface area (Å²) in [4.78, 5) is 0. The van der Waals surface area contributed by atoms with Crippen molar-refractivity contribution in [2.45, 2.75) is 44.7 Å². The Morgan fingerprint density at radius 3 is 2.60 bits per heavy atom. The zero-order valence-corrected chi connectivity index (χ0v) is 9.17. The van der Waals surface area contributed by atoms with Gasteiger partial charge in [0.05, 0.1) is 0 Å². The van der Waals surface area contributed by atoms with Gasteiger partial charge in [-0.2, -0.15) is 0 Å². The van der Waals surface area contributed by atoms with Crippen molar-refractivity contribution < 1.29 is 4.39 Å². The minimum absolute atomic E-state index is 0.101. The van der Waals surface area contributed by atoms with Crippen LogP contribution in [0.25, 0.3) is 0 Å². The van der Waals surface area contributed by atoms with Crippen molar-refractivity contribution in [1.82, 2.24) is 5.32 Å². The SMILES string of the molecule is C[C@@H](NC1CCCC1)c1ccccc1F. The first-order valence-corrected chi connectivity index (χ1v) is 5.78. The Bertz CT molecular complexity index is 318. The Labute approximate surface area is 90.7 Å². The van der Waals surface area contributed by atoms with Gasteiger partial charge in [-0.05, 0) is 25.8 Å². The molecule has 1 N–H and O–H groups in total. The van der Waals surface area contributed by atoms with Crippen LogP contribution in [0.2, 0.25) is 0 Å². The smallest absolute Gasteiger partial charge is 0.127 e. The van der Waals surface area contributed by atoms with Crippen LogP contribution in [-0.4, -0.2) is 6.04 Å². The molecular formula is C13H18FN. The van der Waals surface area contributed by atoms with Crippen LogP contribution < -0.4 is 5.32 Å². The molecule has 0 spiro atoms. The highest BCUT2D eigenvalue weighted by Gasteiger charge is 2.18. The summed E-state index contributed by atoms with van der Waals surface area (Å²) in [6, 6.07) is 7.73. The minimum atomic E-state index is -0.101. The molecule has 1 nitrogen and oxygen atoms in total. The second-order valence-electron chi connectivity index (χ2n) is 4.39. The summed E-state index contributed by atoms with van der Waals surface area (Å²) >= 11 is 0. The van der Waals surface area contributed by atoms with E-state index in [4.69, 9.17) is 0 Å². The maximum atomic E-state index is 13.5. The highest BCUT2D eigenvalue weighted by Crippen LogP contribution is 2.23. The molecule has 1 aromatic carbocycles. The van der Waals surface area contributed by atoms with Crippen LogP contribution in [0.3, 0.4) is 0 Å². The van der Waals surface area contributed by atoms with E-state index in [1.165, 1.54) is 31.7 Å². The van der Waals surface area contributed by atoms with E-state index >= 15 is 0 Å². The lowest BCUT2D eigenvalue weighted by Gasteiger charge is -2.19. The molecule has 0 unspecified atom stereocenters. The monoisotopic (exact) mass is 207 g/mol. The van der Waals surface area contributed by atoms with Gasteiger partial charge < -0.3 is 5.32 Å². The summed E-state index contributed by atoms with van der Waals surface area (Å²) in [6.07, 6.45) is 5.08. The predicted molar refractivity (Wildman–Crippen MR) is 60.2 cm³/mol. The van der Waals surface area contributed by atoms with Gasteiger partial charge in [0.1, 0.15) is 5.82 Å². The van der Waals surface area contributed by atoms with Gasteiger partial charge in [0.25, 0.3) is 0 Å². The van der Waals surface area contributed by atoms with Gasteiger partial charge >= 0.3 is 0 Å². The van der Waals surface area contributed by atoms with Crippen molar-refractivity contribution in [1.29, 1.82) is 0 Å². The van der Waals surface area contributed by atoms with Crippen LogP contribution in [0.4, 0.5) is 4.39 Å². The Kier molecular flexibility index (Phi) is 3.37. The van der Waals surface area contributed by atoms with Crippen LogP contribution in [0.1, 0.15) is 44.2 Å². The van der Waals surface area contributed by atoms with Crippen LogP contribution in [0.15, 0.2) is 24.3 Å². The molecule has 0 amide bonds. The molecule has 1 aliphatic carbocycles. The van der Waals surface area contributed by atoms with Crippen molar-refractivity contribution in [3.63, 3.8) is 0 Å². The third kappa shape index (κ3) is 2.57. The number of benzene rings is 1. The fraction of sp³-hybridized carbons (Fsp3) is 0.538. The summed E-state index contributed by atoms with van der Waals surface area (Å²) in [7, 11) is 0. The van der Waals surface area contributed by atoms with Gasteiger partial charge in [-0.15, -0.1) is 0 Å². The average Bonchev–Trinajstić information content (AvgIpc) is 2.71. The van der Waals surface area contributed by atoms with Crippen LogP contribution >= 0.6 is 0 Å². The van der Waals surface area contributed by atoms with E-state index in [0.717, 1.165) is 5.56 Å². The normalized spacial score (nSPS) is 19.3. The molecule has 2 rings (SSSR count). The number of hydrogen-bond acceptors (Lipinski definition) is 1. The molecule has 0 aliphatic heterocycles. The van der Waals surface area contributed by atoms with E-state index < -0.39 is 0 Å². The highest BCUT2D eigenvalue weighted by atomic mass is 19.1. The van der Waals surface area contributed by atoms with Gasteiger partial charge in [-0.3, -0.25) is 0 Å². The minimum Gasteiger partial charge on any atom is -0.307 e. The van der Waals surface area contributed by atoms with Crippen molar-refractivity contribution >= 4 is 0 Å². The fourth-order valence-corrected chi connectivity index (χ4v) is 2.36. The Hall–Kier alpha value is -0.890. The Balaban J connectivity index is 2.00. The van der Waals surface area contributed by atoms with Crippen LogP contribution in [0.5, 0.6) is 0 Å². The summed E-state index contributed by atoms with van der Waals surface area (Å²) < 4.78 is 13.5. The van der Waals surface area contributed by atoms with Crippen molar-refractivity contribution in [3.05, 3.63) is 35.6 Å². The molecule has 82 valence electrons. The number of halogens is 1. The molecule has 1 fully saturated rings. The quantitative estimate of drug-likeness (QED) is 0.800. The first-order valence-electron chi connectivity index (χ1n) is 5.78. The maximum Gasteiger partial charge on any atom is 0.127 e. The topological polar surface area (TPSA) is 12.0 Å². The summed E-state index contributed by atoms with van der Waals surface area (Å²) in [5, 5.41) is 3.50. The molecule has 1 saturated carbocycles. The lowest BCUT2D eigenvalue weighted by Crippen LogP contribution is -2.29. The summed E-state index contributed by atoms with van der Waals surface area (Å²) in [5.41, 5.74) is 0.782. The van der Waals surface area contributed by atoms with Crippen LogP contribution in [0, 0.1) is 5.82 Å². The number of rotatable bonds is 3. The largest absolute Gasteiger partial charge is 0.307 e. The van der Waals surface area contributed by atoms with Crippen molar-refractivity contribution in [3.8, 4) is 0 Å². The lowest BCUT2D eigenvalue weighted by atomic mass is 10.1. The van der Waals surface area contributed by atoms with E-state index in [0.29, 0.717) is 6.04 Å². The van der Waals surface area contributed by atoms with Gasteiger partial charge in [-0.25, -0.2) is 4.39 Å². The van der Waals surface area contributed by atoms with Crippen molar-refractivity contribution in [2.75, 3.05) is 0 Å². The maximum absolute atomic E-state index is 13.5. The molecule has 0 saturated heterocycles. The molecule has 0 radical (unpaired) electrons. The molecule has 1 aromatic rings. The molecule has 0 bridgehead atoms. The van der Waals surface area contributed by atoms with E-state index in [9.17, 15) is 4.39 Å². The lowest BCUT2D eigenvalue weighted by molar-refractivity contribution is 0.447. The Morgan fingerprint density at radius 1 is 1.27 bits per heavy atom. The molecule has 0 heterocycles.